The summed E-state index contributed by atoms with van der Waals surface area (Å²) in [6, 6.07) is 8.38. The maximum atomic E-state index is 13.1. The van der Waals surface area contributed by atoms with Gasteiger partial charge in [-0.05, 0) is 53.6 Å². The fraction of sp³-hybridized carbons (Fsp3) is 0.118. The van der Waals surface area contributed by atoms with Crippen LogP contribution in [0.1, 0.15) is 17.3 Å². The topological polar surface area (TPSA) is 77.2 Å². The first-order valence-electron chi connectivity index (χ1n) is 7.51. The van der Waals surface area contributed by atoms with Crippen LogP contribution in [0.15, 0.2) is 41.0 Å². The monoisotopic (exact) mass is 395 g/mol. The normalized spacial score (nSPS) is 10.6. The van der Waals surface area contributed by atoms with E-state index in [-0.39, 0.29) is 27.1 Å². The highest BCUT2D eigenvalue weighted by molar-refractivity contribution is 6.37. The summed E-state index contributed by atoms with van der Waals surface area (Å²) in [5, 5.41) is 10.4. The summed E-state index contributed by atoms with van der Waals surface area (Å²) in [5.41, 5.74) is 1.00. The SMILES string of the molecule is CCOc1c(Cl)cc(C(=O)Nc2nonc2-c2ccc(F)cc2)cc1Cl. The van der Waals surface area contributed by atoms with E-state index < -0.39 is 11.7 Å². The van der Waals surface area contributed by atoms with Crippen LogP contribution < -0.4 is 10.1 Å². The lowest BCUT2D eigenvalue weighted by Gasteiger charge is -2.10. The second-order valence-corrected chi connectivity index (χ2v) is 5.94. The molecule has 26 heavy (non-hydrogen) atoms. The maximum Gasteiger partial charge on any atom is 0.257 e. The van der Waals surface area contributed by atoms with Crippen molar-refractivity contribution in [1.82, 2.24) is 10.3 Å². The number of amides is 1. The first-order valence-corrected chi connectivity index (χ1v) is 8.27. The Kier molecular flexibility index (Phi) is 5.39. The van der Waals surface area contributed by atoms with Crippen LogP contribution in [0, 0.1) is 5.82 Å². The molecule has 3 rings (SSSR count). The highest BCUT2D eigenvalue weighted by atomic mass is 35.5. The van der Waals surface area contributed by atoms with Crippen molar-refractivity contribution in [3.63, 3.8) is 0 Å². The highest BCUT2D eigenvalue weighted by Crippen LogP contribution is 2.34. The van der Waals surface area contributed by atoms with E-state index in [1.54, 1.807) is 6.92 Å². The van der Waals surface area contributed by atoms with E-state index in [9.17, 15) is 9.18 Å². The zero-order valence-electron chi connectivity index (χ0n) is 13.4. The molecule has 1 aromatic heterocycles. The second kappa shape index (κ2) is 7.72. The average molecular weight is 396 g/mol. The van der Waals surface area contributed by atoms with Crippen LogP contribution in [0.5, 0.6) is 5.75 Å². The number of ether oxygens (including phenoxy) is 1. The third kappa shape index (κ3) is 3.79. The summed E-state index contributed by atoms with van der Waals surface area (Å²) >= 11 is 12.2. The van der Waals surface area contributed by atoms with Crippen LogP contribution in [-0.4, -0.2) is 22.8 Å². The molecule has 0 aliphatic rings. The minimum atomic E-state index is -0.518. The first-order chi connectivity index (χ1) is 12.5. The lowest BCUT2D eigenvalue weighted by Crippen LogP contribution is -2.13. The average Bonchev–Trinajstić information content (AvgIpc) is 3.06. The van der Waals surface area contributed by atoms with Crippen LogP contribution in [0.3, 0.4) is 0 Å². The Labute approximate surface area is 157 Å². The largest absolute Gasteiger partial charge is 0.491 e. The summed E-state index contributed by atoms with van der Waals surface area (Å²) in [5.74, 6) is -0.518. The van der Waals surface area contributed by atoms with Gasteiger partial charge in [-0.1, -0.05) is 23.2 Å². The second-order valence-electron chi connectivity index (χ2n) is 5.12. The molecule has 0 saturated carbocycles. The minimum Gasteiger partial charge on any atom is -0.491 e. The van der Waals surface area contributed by atoms with E-state index in [1.165, 1.54) is 36.4 Å². The fourth-order valence-electron chi connectivity index (χ4n) is 2.22. The molecule has 0 spiro atoms. The molecular formula is C17H12Cl2FN3O3. The van der Waals surface area contributed by atoms with Crippen molar-refractivity contribution in [1.29, 1.82) is 0 Å². The number of hydrogen-bond acceptors (Lipinski definition) is 5. The predicted octanol–water partition coefficient (Wildman–Crippen LogP) is 4.83. The molecule has 3 aromatic rings. The molecule has 6 nitrogen and oxygen atoms in total. The Bertz CT molecular complexity index is 922. The molecule has 134 valence electrons. The predicted molar refractivity (Wildman–Crippen MR) is 95.3 cm³/mol. The van der Waals surface area contributed by atoms with Gasteiger partial charge in [-0.3, -0.25) is 4.79 Å². The number of carbonyl (C=O) groups excluding carboxylic acids is 1. The smallest absolute Gasteiger partial charge is 0.257 e. The number of rotatable bonds is 5. The Balaban J connectivity index is 1.85. The summed E-state index contributed by atoms with van der Waals surface area (Å²) in [6.07, 6.45) is 0. The lowest BCUT2D eigenvalue weighted by molar-refractivity contribution is 0.102. The molecule has 0 aliphatic carbocycles. The number of nitrogens with zero attached hydrogens (tertiary/aromatic N) is 2. The van der Waals surface area contributed by atoms with Gasteiger partial charge in [0.2, 0.25) is 5.82 Å². The number of carbonyl (C=O) groups is 1. The first kappa shape index (κ1) is 18.2. The van der Waals surface area contributed by atoms with Crippen LogP contribution in [0.4, 0.5) is 10.2 Å². The molecule has 0 saturated heterocycles. The van der Waals surface area contributed by atoms with E-state index in [0.29, 0.717) is 17.9 Å². The molecule has 1 N–H and O–H groups in total. The molecule has 0 radical (unpaired) electrons. The van der Waals surface area contributed by atoms with Crippen molar-refractivity contribution in [3.8, 4) is 17.0 Å². The van der Waals surface area contributed by atoms with Crippen molar-refractivity contribution in [2.75, 3.05) is 11.9 Å². The molecule has 2 aromatic carbocycles. The number of anilines is 1. The van der Waals surface area contributed by atoms with E-state index in [4.69, 9.17) is 27.9 Å². The number of hydrogen-bond donors (Lipinski definition) is 1. The minimum absolute atomic E-state index is 0.0859. The van der Waals surface area contributed by atoms with Crippen molar-refractivity contribution >= 4 is 34.9 Å². The van der Waals surface area contributed by atoms with Crippen LogP contribution in [0.2, 0.25) is 10.0 Å². The van der Waals surface area contributed by atoms with Gasteiger partial charge in [0.1, 0.15) is 5.82 Å². The molecule has 0 aliphatic heterocycles. The third-order valence-corrected chi connectivity index (χ3v) is 3.95. The third-order valence-electron chi connectivity index (χ3n) is 3.39. The lowest BCUT2D eigenvalue weighted by atomic mass is 10.1. The van der Waals surface area contributed by atoms with Crippen LogP contribution in [0.25, 0.3) is 11.3 Å². The Morgan fingerprint density at radius 3 is 2.46 bits per heavy atom. The van der Waals surface area contributed by atoms with Gasteiger partial charge in [-0.25, -0.2) is 9.02 Å². The van der Waals surface area contributed by atoms with E-state index in [0.717, 1.165) is 0 Å². The van der Waals surface area contributed by atoms with E-state index in [1.807, 2.05) is 0 Å². The molecule has 0 bridgehead atoms. The maximum absolute atomic E-state index is 13.1. The quantitative estimate of drug-likeness (QED) is 0.668. The molecule has 1 amide bonds. The standard InChI is InChI=1S/C17H12Cl2FN3O3/c1-2-25-15-12(18)7-10(8-13(15)19)17(24)21-16-14(22-26-23-16)9-3-5-11(20)6-4-9/h3-8H,2H2,1H3,(H,21,23,24). The van der Waals surface area contributed by atoms with Crippen LogP contribution in [-0.2, 0) is 0 Å². The summed E-state index contributed by atoms with van der Waals surface area (Å²) in [6.45, 7) is 2.18. The Morgan fingerprint density at radius 1 is 1.19 bits per heavy atom. The number of aromatic nitrogens is 2. The van der Waals surface area contributed by atoms with E-state index >= 15 is 0 Å². The fourth-order valence-corrected chi connectivity index (χ4v) is 2.82. The highest BCUT2D eigenvalue weighted by Gasteiger charge is 2.18. The summed E-state index contributed by atoms with van der Waals surface area (Å²) in [7, 11) is 0. The number of benzene rings is 2. The van der Waals surface area contributed by atoms with Crippen molar-refractivity contribution in [3.05, 3.63) is 57.8 Å². The van der Waals surface area contributed by atoms with Gasteiger partial charge >= 0.3 is 0 Å². The molecule has 0 atom stereocenters. The van der Waals surface area contributed by atoms with Gasteiger partial charge < -0.3 is 10.1 Å². The number of halogens is 3. The van der Waals surface area contributed by atoms with Gasteiger partial charge in [-0.2, -0.15) is 0 Å². The summed E-state index contributed by atoms with van der Waals surface area (Å²) in [4.78, 5) is 12.5. The van der Waals surface area contributed by atoms with Gasteiger partial charge in [0.05, 0.1) is 16.7 Å². The van der Waals surface area contributed by atoms with Gasteiger partial charge in [0.25, 0.3) is 5.91 Å². The van der Waals surface area contributed by atoms with Crippen molar-refractivity contribution < 1.29 is 18.6 Å². The van der Waals surface area contributed by atoms with Gasteiger partial charge in [0, 0.05) is 11.1 Å². The zero-order chi connectivity index (χ0) is 18.7. The molecule has 0 fully saturated rings. The van der Waals surface area contributed by atoms with Crippen molar-refractivity contribution in [2.24, 2.45) is 0 Å². The number of nitrogens with one attached hydrogen (secondary N) is 1. The summed E-state index contributed by atoms with van der Waals surface area (Å²) < 4.78 is 23.1. The molecule has 0 unspecified atom stereocenters. The molecule has 9 heteroatoms. The Hall–Kier alpha value is -2.64. The Morgan fingerprint density at radius 2 is 1.85 bits per heavy atom. The van der Waals surface area contributed by atoms with Gasteiger partial charge in [0.15, 0.2) is 11.4 Å². The zero-order valence-corrected chi connectivity index (χ0v) is 14.9. The van der Waals surface area contributed by atoms with Gasteiger partial charge in [-0.15, -0.1) is 0 Å². The van der Waals surface area contributed by atoms with E-state index in [2.05, 4.69) is 20.3 Å². The van der Waals surface area contributed by atoms with Crippen molar-refractivity contribution in [2.45, 2.75) is 6.92 Å². The van der Waals surface area contributed by atoms with Crippen LogP contribution >= 0.6 is 23.2 Å². The molecule has 1 heterocycles. The molecular weight excluding hydrogens is 384 g/mol.